The van der Waals surface area contributed by atoms with Gasteiger partial charge in [0, 0.05) is 11.0 Å². The molecule has 0 aliphatic heterocycles. The van der Waals surface area contributed by atoms with Gasteiger partial charge in [0.25, 0.3) is 0 Å². The summed E-state index contributed by atoms with van der Waals surface area (Å²) in [5.41, 5.74) is 1.19. The molecule has 0 aliphatic carbocycles. The highest BCUT2D eigenvalue weighted by Crippen LogP contribution is 2.11. The van der Waals surface area contributed by atoms with Gasteiger partial charge in [-0.25, -0.2) is 0 Å². The maximum Gasteiger partial charge on any atom is 0.146 e. The molecular weight excluding hydrogens is 266 g/mol. The van der Waals surface area contributed by atoms with Gasteiger partial charge < -0.3 is 5.32 Å². The number of carbonyl (C=O) groups is 1. The predicted molar refractivity (Wildman–Crippen MR) is 70.3 cm³/mol. The Morgan fingerprint density at radius 1 is 1.31 bits per heavy atom. The number of hydrogen-bond acceptors (Lipinski definition) is 2. The van der Waals surface area contributed by atoms with Gasteiger partial charge >= 0.3 is 0 Å². The third-order valence-electron chi connectivity index (χ3n) is 2.54. The number of ketones is 1. The molecule has 3 heteroatoms. The number of benzene rings is 1. The van der Waals surface area contributed by atoms with Gasteiger partial charge in [-0.1, -0.05) is 41.9 Å². The summed E-state index contributed by atoms with van der Waals surface area (Å²) in [7, 11) is 0. The van der Waals surface area contributed by atoms with Crippen LogP contribution in [0.1, 0.15) is 26.3 Å². The molecule has 0 unspecified atom stereocenters. The van der Waals surface area contributed by atoms with Crippen LogP contribution in [0.3, 0.4) is 0 Å². The summed E-state index contributed by atoms with van der Waals surface area (Å²) in [5, 5.41) is 3.29. The fourth-order valence-electron chi connectivity index (χ4n) is 1.68. The average Bonchev–Trinajstić information content (AvgIpc) is 2.20. The van der Waals surface area contributed by atoms with Gasteiger partial charge in [0.05, 0.1) is 6.04 Å². The molecule has 16 heavy (non-hydrogen) atoms. The summed E-state index contributed by atoms with van der Waals surface area (Å²) >= 11 is 3.40. The molecule has 1 aromatic rings. The quantitative estimate of drug-likeness (QED) is 0.900. The van der Waals surface area contributed by atoms with E-state index in [1.807, 2.05) is 12.1 Å². The molecule has 0 heterocycles. The summed E-state index contributed by atoms with van der Waals surface area (Å²) in [6.07, 6.45) is 0. The van der Waals surface area contributed by atoms with Crippen molar-refractivity contribution in [1.29, 1.82) is 0 Å². The average molecular weight is 284 g/mol. The minimum absolute atomic E-state index is 0.0522. The number of nitrogens with one attached hydrogen (secondary N) is 1. The molecule has 1 rings (SSSR count). The van der Waals surface area contributed by atoms with Gasteiger partial charge in [-0.05, 0) is 30.5 Å². The highest BCUT2D eigenvalue weighted by Gasteiger charge is 2.16. The van der Waals surface area contributed by atoms with E-state index in [4.69, 9.17) is 0 Å². The van der Waals surface area contributed by atoms with Crippen molar-refractivity contribution < 1.29 is 4.79 Å². The Morgan fingerprint density at radius 3 is 2.31 bits per heavy atom. The monoisotopic (exact) mass is 283 g/mol. The lowest BCUT2D eigenvalue weighted by Crippen LogP contribution is -2.39. The Hall–Kier alpha value is -0.670. The number of hydrogen-bond donors (Lipinski definition) is 1. The van der Waals surface area contributed by atoms with Crippen LogP contribution >= 0.6 is 15.9 Å². The number of halogens is 1. The van der Waals surface area contributed by atoms with Crippen LogP contribution in [0.25, 0.3) is 0 Å². The van der Waals surface area contributed by atoms with Crippen LogP contribution < -0.4 is 5.32 Å². The van der Waals surface area contributed by atoms with Crippen molar-refractivity contribution in [1.82, 2.24) is 5.32 Å². The first-order chi connectivity index (χ1) is 7.50. The van der Waals surface area contributed by atoms with Crippen molar-refractivity contribution >= 4 is 21.7 Å². The van der Waals surface area contributed by atoms with Crippen LogP contribution in [-0.4, -0.2) is 11.8 Å². The Bertz CT molecular complexity index is 345. The van der Waals surface area contributed by atoms with Gasteiger partial charge in [-0.2, -0.15) is 0 Å². The Labute approximate surface area is 106 Å². The molecule has 1 N–H and O–H groups in total. The summed E-state index contributed by atoms with van der Waals surface area (Å²) in [6, 6.07) is 8.07. The SMILES string of the molecule is CC(=O)[C@@H](NCc1ccc(Br)cc1)C(C)C. The van der Waals surface area contributed by atoms with Crippen molar-refractivity contribution in [2.24, 2.45) is 5.92 Å². The second kappa shape index (κ2) is 6.16. The maximum absolute atomic E-state index is 11.4. The van der Waals surface area contributed by atoms with E-state index in [1.54, 1.807) is 6.92 Å². The minimum atomic E-state index is -0.0522. The van der Waals surface area contributed by atoms with Crippen molar-refractivity contribution in [3.8, 4) is 0 Å². The highest BCUT2D eigenvalue weighted by atomic mass is 79.9. The second-order valence-electron chi connectivity index (χ2n) is 4.34. The van der Waals surface area contributed by atoms with E-state index in [0.29, 0.717) is 5.92 Å². The zero-order valence-electron chi connectivity index (χ0n) is 9.96. The highest BCUT2D eigenvalue weighted by molar-refractivity contribution is 9.10. The molecule has 0 spiro atoms. The molecule has 0 aromatic heterocycles. The molecule has 0 bridgehead atoms. The normalized spacial score (nSPS) is 12.8. The van der Waals surface area contributed by atoms with Crippen molar-refractivity contribution in [2.45, 2.75) is 33.4 Å². The first-order valence-corrected chi connectivity index (χ1v) is 6.28. The van der Waals surface area contributed by atoms with E-state index in [0.717, 1.165) is 11.0 Å². The molecule has 0 saturated heterocycles. The van der Waals surface area contributed by atoms with Crippen LogP contribution in [0.5, 0.6) is 0 Å². The summed E-state index contributed by atoms with van der Waals surface area (Å²) in [6.45, 7) is 6.48. The molecule has 0 saturated carbocycles. The first-order valence-electron chi connectivity index (χ1n) is 5.49. The third-order valence-corrected chi connectivity index (χ3v) is 3.07. The van der Waals surface area contributed by atoms with Crippen LogP contribution in [0.2, 0.25) is 0 Å². The van der Waals surface area contributed by atoms with E-state index in [-0.39, 0.29) is 11.8 Å². The van der Waals surface area contributed by atoms with Gasteiger partial charge in [0.2, 0.25) is 0 Å². The van der Waals surface area contributed by atoms with Crippen molar-refractivity contribution in [3.63, 3.8) is 0 Å². The summed E-state index contributed by atoms with van der Waals surface area (Å²) in [4.78, 5) is 11.4. The van der Waals surface area contributed by atoms with Gasteiger partial charge in [-0.15, -0.1) is 0 Å². The third kappa shape index (κ3) is 4.06. The molecule has 0 aliphatic rings. The fourth-order valence-corrected chi connectivity index (χ4v) is 1.94. The zero-order valence-corrected chi connectivity index (χ0v) is 11.5. The minimum Gasteiger partial charge on any atom is -0.303 e. The second-order valence-corrected chi connectivity index (χ2v) is 5.26. The zero-order chi connectivity index (χ0) is 12.1. The number of carbonyl (C=O) groups excluding carboxylic acids is 1. The largest absolute Gasteiger partial charge is 0.303 e. The lowest BCUT2D eigenvalue weighted by atomic mass is 10.0. The Morgan fingerprint density at radius 2 is 1.88 bits per heavy atom. The molecule has 1 atom stereocenters. The van der Waals surface area contributed by atoms with E-state index in [2.05, 4.69) is 47.2 Å². The molecule has 0 radical (unpaired) electrons. The van der Waals surface area contributed by atoms with Crippen LogP contribution in [0.15, 0.2) is 28.7 Å². The smallest absolute Gasteiger partial charge is 0.146 e. The molecular formula is C13H18BrNO. The van der Waals surface area contributed by atoms with Crippen LogP contribution in [-0.2, 0) is 11.3 Å². The lowest BCUT2D eigenvalue weighted by molar-refractivity contribution is -0.120. The van der Waals surface area contributed by atoms with Crippen LogP contribution in [0, 0.1) is 5.92 Å². The van der Waals surface area contributed by atoms with Crippen molar-refractivity contribution in [3.05, 3.63) is 34.3 Å². The molecule has 0 amide bonds. The lowest BCUT2D eigenvalue weighted by Gasteiger charge is -2.19. The van der Waals surface area contributed by atoms with E-state index in [1.165, 1.54) is 5.56 Å². The van der Waals surface area contributed by atoms with Gasteiger partial charge in [0.1, 0.15) is 5.78 Å². The molecule has 1 aromatic carbocycles. The number of Topliss-reactive ketones (excluding diaryl/α,β-unsaturated/α-hetero) is 1. The van der Waals surface area contributed by atoms with Gasteiger partial charge in [-0.3, -0.25) is 4.79 Å². The molecule has 2 nitrogen and oxygen atoms in total. The van der Waals surface area contributed by atoms with E-state index in [9.17, 15) is 4.79 Å². The number of rotatable bonds is 5. The first kappa shape index (κ1) is 13.4. The van der Waals surface area contributed by atoms with Gasteiger partial charge in [0.15, 0.2) is 0 Å². The van der Waals surface area contributed by atoms with Crippen LogP contribution in [0.4, 0.5) is 0 Å². The van der Waals surface area contributed by atoms with Crippen molar-refractivity contribution in [2.75, 3.05) is 0 Å². The summed E-state index contributed by atoms with van der Waals surface area (Å²) in [5.74, 6) is 0.528. The summed E-state index contributed by atoms with van der Waals surface area (Å²) < 4.78 is 1.07. The Balaban J connectivity index is 2.55. The fraction of sp³-hybridized carbons (Fsp3) is 0.462. The standard InChI is InChI=1S/C13H18BrNO/c1-9(2)13(10(3)16)15-8-11-4-6-12(14)7-5-11/h4-7,9,13,15H,8H2,1-3H3/t13-/m0/s1. The maximum atomic E-state index is 11.4. The Kier molecular flexibility index (Phi) is 5.16. The predicted octanol–water partition coefficient (Wildman–Crippen LogP) is 3.15. The molecule has 0 fully saturated rings. The molecule has 88 valence electrons. The topological polar surface area (TPSA) is 29.1 Å². The van der Waals surface area contributed by atoms with E-state index < -0.39 is 0 Å². The van der Waals surface area contributed by atoms with E-state index >= 15 is 0 Å².